The molecule has 3 nitrogen and oxygen atoms in total. The van der Waals surface area contributed by atoms with Gasteiger partial charge in [-0.05, 0) is 31.0 Å². The van der Waals surface area contributed by atoms with Gasteiger partial charge in [-0.25, -0.2) is 4.39 Å². The van der Waals surface area contributed by atoms with Crippen LogP contribution in [0.25, 0.3) is 0 Å². The first-order valence-corrected chi connectivity index (χ1v) is 6.62. The minimum atomic E-state index is -0.571. The molecule has 19 heavy (non-hydrogen) atoms. The second-order valence-corrected chi connectivity index (χ2v) is 4.54. The zero-order valence-corrected chi connectivity index (χ0v) is 11.4. The SMILES string of the molecule is CCCCC(CC)C(=O)Nc1ccc(F)c(C#N)c1. The number of carbonyl (C=O) groups is 1. The van der Waals surface area contributed by atoms with Crippen LogP contribution < -0.4 is 5.32 Å². The van der Waals surface area contributed by atoms with Crippen LogP contribution in [0.2, 0.25) is 0 Å². The molecule has 4 heteroatoms. The van der Waals surface area contributed by atoms with Gasteiger partial charge in [-0.3, -0.25) is 4.79 Å². The average Bonchev–Trinajstić information content (AvgIpc) is 2.41. The molecule has 1 aromatic rings. The Kier molecular flexibility index (Phi) is 6.01. The lowest BCUT2D eigenvalue weighted by Crippen LogP contribution is -2.22. The van der Waals surface area contributed by atoms with Gasteiger partial charge in [0.05, 0.1) is 5.56 Å². The lowest BCUT2D eigenvalue weighted by molar-refractivity contribution is -0.120. The van der Waals surface area contributed by atoms with E-state index in [0.29, 0.717) is 5.69 Å². The molecule has 1 unspecified atom stereocenters. The Labute approximate surface area is 113 Å². The fourth-order valence-electron chi connectivity index (χ4n) is 1.90. The summed E-state index contributed by atoms with van der Waals surface area (Å²) in [4.78, 5) is 12.0. The van der Waals surface area contributed by atoms with Crippen molar-refractivity contribution in [2.45, 2.75) is 39.5 Å². The van der Waals surface area contributed by atoms with Crippen LogP contribution in [-0.2, 0) is 4.79 Å². The predicted molar refractivity (Wildman–Crippen MR) is 73.1 cm³/mol. The Bertz CT molecular complexity index is 480. The maximum atomic E-state index is 13.2. The van der Waals surface area contributed by atoms with Crippen molar-refractivity contribution in [1.29, 1.82) is 5.26 Å². The maximum Gasteiger partial charge on any atom is 0.227 e. The van der Waals surface area contributed by atoms with Gasteiger partial charge < -0.3 is 5.32 Å². The van der Waals surface area contributed by atoms with Gasteiger partial charge >= 0.3 is 0 Å². The monoisotopic (exact) mass is 262 g/mol. The number of hydrogen-bond acceptors (Lipinski definition) is 2. The van der Waals surface area contributed by atoms with E-state index in [-0.39, 0.29) is 17.4 Å². The molecule has 0 bridgehead atoms. The Morgan fingerprint density at radius 2 is 2.21 bits per heavy atom. The summed E-state index contributed by atoms with van der Waals surface area (Å²) < 4.78 is 13.2. The quantitative estimate of drug-likeness (QED) is 0.846. The van der Waals surface area contributed by atoms with E-state index in [1.54, 1.807) is 6.07 Å². The van der Waals surface area contributed by atoms with E-state index in [1.807, 2.05) is 6.92 Å². The summed E-state index contributed by atoms with van der Waals surface area (Å²) in [6, 6.07) is 5.79. The molecule has 1 amide bonds. The number of hydrogen-bond donors (Lipinski definition) is 1. The minimum Gasteiger partial charge on any atom is -0.326 e. The lowest BCUT2D eigenvalue weighted by Gasteiger charge is -2.14. The van der Waals surface area contributed by atoms with Crippen LogP contribution in [0, 0.1) is 23.1 Å². The number of anilines is 1. The van der Waals surface area contributed by atoms with Crippen LogP contribution >= 0.6 is 0 Å². The number of benzene rings is 1. The fourth-order valence-corrected chi connectivity index (χ4v) is 1.90. The minimum absolute atomic E-state index is 0.0319. The topological polar surface area (TPSA) is 52.9 Å². The number of nitrogens with one attached hydrogen (secondary N) is 1. The summed E-state index contributed by atoms with van der Waals surface area (Å²) in [7, 11) is 0. The standard InChI is InChI=1S/C15H19FN2O/c1-3-5-6-11(4-2)15(19)18-13-7-8-14(16)12(9-13)10-17/h7-9,11H,3-6H2,1-2H3,(H,18,19). The molecule has 0 aliphatic rings. The number of nitriles is 1. The molecule has 102 valence electrons. The van der Waals surface area contributed by atoms with E-state index in [2.05, 4.69) is 12.2 Å². The molecule has 0 saturated heterocycles. The number of rotatable bonds is 6. The summed E-state index contributed by atoms with van der Waals surface area (Å²) in [5.41, 5.74) is 0.414. The van der Waals surface area contributed by atoms with Gasteiger partial charge in [0.25, 0.3) is 0 Å². The van der Waals surface area contributed by atoms with Crippen molar-refractivity contribution in [1.82, 2.24) is 0 Å². The smallest absolute Gasteiger partial charge is 0.227 e. The van der Waals surface area contributed by atoms with Gasteiger partial charge in [-0.2, -0.15) is 5.26 Å². The third kappa shape index (κ3) is 4.36. The highest BCUT2D eigenvalue weighted by Gasteiger charge is 2.16. The zero-order chi connectivity index (χ0) is 14.3. The van der Waals surface area contributed by atoms with Gasteiger partial charge in [0.15, 0.2) is 0 Å². The molecule has 0 spiro atoms. The van der Waals surface area contributed by atoms with Crippen LogP contribution in [0.5, 0.6) is 0 Å². The molecule has 0 radical (unpaired) electrons. The van der Waals surface area contributed by atoms with Gasteiger partial charge in [0.1, 0.15) is 11.9 Å². The highest BCUT2D eigenvalue weighted by atomic mass is 19.1. The third-order valence-electron chi connectivity index (χ3n) is 3.12. The molecule has 1 N–H and O–H groups in total. The largest absolute Gasteiger partial charge is 0.326 e. The van der Waals surface area contributed by atoms with Crippen LogP contribution in [0.15, 0.2) is 18.2 Å². The van der Waals surface area contributed by atoms with Crippen LogP contribution in [-0.4, -0.2) is 5.91 Å². The van der Waals surface area contributed by atoms with Gasteiger partial charge in [0.2, 0.25) is 5.91 Å². The van der Waals surface area contributed by atoms with Crippen LogP contribution in [0.4, 0.5) is 10.1 Å². The zero-order valence-electron chi connectivity index (χ0n) is 11.4. The number of unbranched alkanes of at least 4 members (excludes halogenated alkanes) is 1. The van der Waals surface area contributed by atoms with Crippen molar-refractivity contribution in [3.8, 4) is 6.07 Å². The summed E-state index contributed by atoms with van der Waals surface area (Å²) in [5.74, 6) is -0.666. The van der Waals surface area contributed by atoms with E-state index in [1.165, 1.54) is 18.2 Å². The molecule has 0 heterocycles. The Hall–Kier alpha value is -1.89. The van der Waals surface area contributed by atoms with Crippen LogP contribution in [0.3, 0.4) is 0 Å². The van der Waals surface area contributed by atoms with Crippen LogP contribution in [0.1, 0.15) is 45.1 Å². The van der Waals surface area contributed by atoms with Gasteiger partial charge in [-0.1, -0.05) is 26.7 Å². The van der Waals surface area contributed by atoms with Crippen molar-refractivity contribution in [3.63, 3.8) is 0 Å². The lowest BCUT2D eigenvalue weighted by atomic mass is 9.98. The number of nitrogens with zero attached hydrogens (tertiary/aromatic N) is 1. The first-order chi connectivity index (χ1) is 9.12. The molecule has 0 aliphatic heterocycles. The molecule has 1 atom stereocenters. The maximum absolute atomic E-state index is 13.2. The van der Waals surface area contributed by atoms with E-state index >= 15 is 0 Å². The highest BCUT2D eigenvalue weighted by Crippen LogP contribution is 2.18. The van der Waals surface area contributed by atoms with Gasteiger partial charge in [-0.15, -0.1) is 0 Å². The summed E-state index contributed by atoms with van der Waals surface area (Å²) in [5, 5.41) is 11.5. The molecule has 0 aromatic heterocycles. The van der Waals surface area contributed by atoms with Crippen molar-refractivity contribution in [2.75, 3.05) is 5.32 Å². The second kappa shape index (κ2) is 7.52. The average molecular weight is 262 g/mol. The number of carbonyl (C=O) groups excluding carboxylic acids is 1. The Morgan fingerprint density at radius 1 is 1.47 bits per heavy atom. The summed E-state index contributed by atoms with van der Waals surface area (Å²) in [6.07, 6.45) is 3.70. The van der Waals surface area contributed by atoms with Crippen molar-refractivity contribution < 1.29 is 9.18 Å². The first kappa shape index (κ1) is 15.2. The highest BCUT2D eigenvalue weighted by molar-refractivity contribution is 5.92. The Morgan fingerprint density at radius 3 is 2.79 bits per heavy atom. The molecular formula is C15H19FN2O. The summed E-state index contributed by atoms with van der Waals surface area (Å²) >= 11 is 0. The van der Waals surface area contributed by atoms with Crippen molar-refractivity contribution in [3.05, 3.63) is 29.6 Å². The van der Waals surface area contributed by atoms with E-state index in [4.69, 9.17) is 5.26 Å². The molecular weight excluding hydrogens is 243 g/mol. The first-order valence-electron chi connectivity index (χ1n) is 6.62. The van der Waals surface area contributed by atoms with E-state index in [9.17, 15) is 9.18 Å². The van der Waals surface area contributed by atoms with Crippen molar-refractivity contribution in [2.24, 2.45) is 5.92 Å². The molecule has 0 fully saturated rings. The molecule has 0 saturated carbocycles. The third-order valence-corrected chi connectivity index (χ3v) is 3.12. The van der Waals surface area contributed by atoms with E-state index in [0.717, 1.165) is 25.7 Å². The molecule has 1 rings (SSSR count). The number of halogens is 1. The molecule has 1 aromatic carbocycles. The number of amides is 1. The Balaban J connectivity index is 2.73. The second-order valence-electron chi connectivity index (χ2n) is 4.54. The van der Waals surface area contributed by atoms with Gasteiger partial charge in [0, 0.05) is 11.6 Å². The fraction of sp³-hybridized carbons (Fsp3) is 0.467. The van der Waals surface area contributed by atoms with Crippen molar-refractivity contribution >= 4 is 11.6 Å². The summed E-state index contributed by atoms with van der Waals surface area (Å²) in [6.45, 7) is 4.06. The van der Waals surface area contributed by atoms with E-state index < -0.39 is 5.82 Å². The normalized spacial score (nSPS) is 11.7. The molecule has 0 aliphatic carbocycles. The predicted octanol–water partition coefficient (Wildman–Crippen LogP) is 3.85.